The van der Waals surface area contributed by atoms with Gasteiger partial charge in [-0.2, -0.15) is 0 Å². The lowest BCUT2D eigenvalue weighted by Crippen LogP contribution is -2.25. The predicted octanol–water partition coefficient (Wildman–Crippen LogP) is 3.13. The number of rotatable bonds is 6. The molecule has 0 aliphatic heterocycles. The Morgan fingerprint density at radius 3 is 2.57 bits per heavy atom. The van der Waals surface area contributed by atoms with Gasteiger partial charge in [0.15, 0.2) is 0 Å². The average molecular weight is 289 g/mol. The van der Waals surface area contributed by atoms with E-state index in [0.29, 0.717) is 29.7 Å². The molecular weight excluding hydrogens is 270 g/mol. The van der Waals surface area contributed by atoms with Crippen LogP contribution < -0.4 is 4.74 Å². The lowest BCUT2D eigenvalue weighted by Gasteiger charge is -2.22. The van der Waals surface area contributed by atoms with Gasteiger partial charge in [0.05, 0.1) is 17.8 Å². The summed E-state index contributed by atoms with van der Waals surface area (Å²) in [6, 6.07) is 7.20. The van der Waals surface area contributed by atoms with Gasteiger partial charge in [0.2, 0.25) is 5.88 Å². The zero-order valence-corrected chi connectivity index (χ0v) is 12.4. The zero-order valence-electron chi connectivity index (χ0n) is 12.4. The number of aromatic carboxylic acids is 1. The number of benzene rings is 1. The normalized spacial score (nSPS) is 11.6. The first-order valence-corrected chi connectivity index (χ1v) is 6.73. The van der Waals surface area contributed by atoms with E-state index in [1.165, 1.54) is 6.20 Å². The summed E-state index contributed by atoms with van der Waals surface area (Å²) in [4.78, 5) is 15.3. The summed E-state index contributed by atoms with van der Waals surface area (Å²) in [5, 5.41) is 10.5. The summed E-state index contributed by atoms with van der Waals surface area (Å²) >= 11 is 0. The van der Waals surface area contributed by atoms with Crippen LogP contribution in [0.3, 0.4) is 0 Å². The van der Waals surface area contributed by atoms with Gasteiger partial charge in [-0.1, -0.05) is 18.2 Å². The highest BCUT2D eigenvalue weighted by Gasteiger charge is 2.17. The monoisotopic (exact) mass is 289 g/mol. The summed E-state index contributed by atoms with van der Waals surface area (Å²) in [5.74, 6) is -0.548. The van der Waals surface area contributed by atoms with Gasteiger partial charge in [0.1, 0.15) is 0 Å². The molecule has 0 aliphatic carbocycles. The highest BCUT2D eigenvalue weighted by molar-refractivity contribution is 6.04. The van der Waals surface area contributed by atoms with Crippen molar-refractivity contribution in [2.75, 3.05) is 13.7 Å². The van der Waals surface area contributed by atoms with Crippen LogP contribution in [0.25, 0.3) is 10.8 Å². The highest BCUT2D eigenvalue weighted by Crippen LogP contribution is 2.26. The summed E-state index contributed by atoms with van der Waals surface area (Å²) in [7, 11) is 1.66. The van der Waals surface area contributed by atoms with E-state index in [9.17, 15) is 9.90 Å². The van der Waals surface area contributed by atoms with E-state index in [-0.39, 0.29) is 11.2 Å². The van der Waals surface area contributed by atoms with Gasteiger partial charge >= 0.3 is 5.97 Å². The van der Waals surface area contributed by atoms with Gasteiger partial charge in [-0.25, -0.2) is 9.78 Å². The summed E-state index contributed by atoms with van der Waals surface area (Å²) < 4.78 is 11.0. The number of carboxylic acid groups (broad SMARTS) is 1. The van der Waals surface area contributed by atoms with E-state index >= 15 is 0 Å². The maximum Gasteiger partial charge on any atom is 0.337 e. The molecule has 0 aliphatic rings. The van der Waals surface area contributed by atoms with E-state index in [1.807, 2.05) is 26.0 Å². The Morgan fingerprint density at radius 2 is 1.95 bits per heavy atom. The van der Waals surface area contributed by atoms with Crippen molar-refractivity contribution in [2.45, 2.75) is 25.9 Å². The molecule has 0 bridgehead atoms. The number of fused-ring (bicyclic) bond motifs is 1. The van der Waals surface area contributed by atoms with Crippen molar-refractivity contribution < 1.29 is 19.4 Å². The van der Waals surface area contributed by atoms with Gasteiger partial charge in [-0.05, 0) is 19.9 Å². The number of hydrogen-bond donors (Lipinski definition) is 1. The first kappa shape index (κ1) is 15.3. The fraction of sp³-hybridized carbons (Fsp3) is 0.375. The second-order valence-corrected chi connectivity index (χ2v) is 5.39. The quantitative estimate of drug-likeness (QED) is 0.884. The second kappa shape index (κ2) is 6.10. The molecule has 0 atom stereocenters. The first-order valence-electron chi connectivity index (χ1n) is 6.73. The standard InChI is InChI=1S/C16H19NO4/c1-16(2,20-3)8-9-21-14-12-7-5-4-6-11(12)13(10-17-14)15(18)19/h4-7,10H,8-9H2,1-3H3,(H,18,19). The Morgan fingerprint density at radius 1 is 1.29 bits per heavy atom. The molecule has 112 valence electrons. The topological polar surface area (TPSA) is 68.7 Å². The lowest BCUT2D eigenvalue weighted by atomic mass is 10.1. The van der Waals surface area contributed by atoms with Crippen LogP contribution in [0.5, 0.6) is 5.88 Å². The first-order chi connectivity index (χ1) is 9.94. The minimum Gasteiger partial charge on any atom is -0.478 e. The molecule has 0 fully saturated rings. The smallest absolute Gasteiger partial charge is 0.337 e. The molecule has 0 unspecified atom stereocenters. The predicted molar refractivity (Wildman–Crippen MR) is 79.9 cm³/mol. The molecule has 21 heavy (non-hydrogen) atoms. The van der Waals surface area contributed by atoms with Gasteiger partial charge < -0.3 is 14.6 Å². The maximum absolute atomic E-state index is 11.2. The molecule has 5 nitrogen and oxygen atoms in total. The van der Waals surface area contributed by atoms with Gasteiger partial charge in [0.25, 0.3) is 0 Å². The van der Waals surface area contributed by atoms with Crippen molar-refractivity contribution in [3.63, 3.8) is 0 Å². The number of methoxy groups -OCH3 is 1. The zero-order chi connectivity index (χ0) is 15.5. The molecular formula is C16H19NO4. The molecule has 0 saturated heterocycles. The molecule has 2 rings (SSSR count). The number of nitrogens with zero attached hydrogens (tertiary/aromatic N) is 1. The largest absolute Gasteiger partial charge is 0.478 e. The number of ether oxygens (including phenoxy) is 2. The summed E-state index contributed by atoms with van der Waals surface area (Å²) in [6.07, 6.45) is 2.04. The maximum atomic E-state index is 11.2. The van der Waals surface area contributed by atoms with Crippen LogP contribution >= 0.6 is 0 Å². The molecule has 5 heteroatoms. The van der Waals surface area contributed by atoms with Gasteiger partial charge in [-0.15, -0.1) is 0 Å². The third-order valence-electron chi connectivity index (χ3n) is 3.48. The average Bonchev–Trinajstić information content (AvgIpc) is 2.47. The third kappa shape index (κ3) is 3.49. The van der Waals surface area contributed by atoms with Crippen LogP contribution in [0.1, 0.15) is 30.6 Å². The molecule has 1 aromatic heterocycles. The Hall–Kier alpha value is -2.14. The van der Waals surface area contributed by atoms with Crippen molar-refractivity contribution in [3.05, 3.63) is 36.0 Å². The van der Waals surface area contributed by atoms with Crippen LogP contribution in [0.2, 0.25) is 0 Å². The Labute approximate surface area is 123 Å². The molecule has 0 spiro atoms. The van der Waals surface area contributed by atoms with Crippen LogP contribution in [-0.4, -0.2) is 35.4 Å². The SMILES string of the molecule is COC(C)(C)CCOc1ncc(C(=O)O)c2ccccc12. The summed E-state index contributed by atoms with van der Waals surface area (Å²) in [5.41, 5.74) is -0.0910. The number of carboxylic acids is 1. The van der Waals surface area contributed by atoms with Gasteiger partial charge in [-0.3, -0.25) is 0 Å². The van der Waals surface area contributed by atoms with Crippen molar-refractivity contribution in [3.8, 4) is 5.88 Å². The third-order valence-corrected chi connectivity index (χ3v) is 3.48. The van der Waals surface area contributed by atoms with Crippen LogP contribution in [0.4, 0.5) is 0 Å². The van der Waals surface area contributed by atoms with Crippen molar-refractivity contribution in [1.82, 2.24) is 4.98 Å². The fourth-order valence-electron chi connectivity index (χ4n) is 1.95. The van der Waals surface area contributed by atoms with Gasteiger partial charge in [0, 0.05) is 30.5 Å². The Balaban J connectivity index is 2.26. The summed E-state index contributed by atoms with van der Waals surface area (Å²) in [6.45, 7) is 4.41. The Kier molecular flexibility index (Phi) is 4.43. The molecule has 0 saturated carbocycles. The molecule has 1 aromatic carbocycles. The second-order valence-electron chi connectivity index (χ2n) is 5.39. The van der Waals surface area contributed by atoms with E-state index in [4.69, 9.17) is 9.47 Å². The highest BCUT2D eigenvalue weighted by atomic mass is 16.5. The lowest BCUT2D eigenvalue weighted by molar-refractivity contribution is 0.00522. The number of aromatic nitrogens is 1. The molecule has 1 N–H and O–H groups in total. The van der Waals surface area contributed by atoms with E-state index in [1.54, 1.807) is 19.2 Å². The molecule has 1 heterocycles. The van der Waals surface area contributed by atoms with E-state index < -0.39 is 5.97 Å². The number of pyridine rings is 1. The van der Waals surface area contributed by atoms with Crippen LogP contribution in [0.15, 0.2) is 30.5 Å². The Bertz CT molecular complexity index is 652. The molecule has 0 amide bonds. The number of hydrogen-bond acceptors (Lipinski definition) is 4. The number of carbonyl (C=O) groups is 1. The molecule has 0 radical (unpaired) electrons. The van der Waals surface area contributed by atoms with E-state index in [2.05, 4.69) is 4.98 Å². The van der Waals surface area contributed by atoms with Crippen LogP contribution in [0, 0.1) is 0 Å². The van der Waals surface area contributed by atoms with Crippen molar-refractivity contribution >= 4 is 16.7 Å². The van der Waals surface area contributed by atoms with Crippen LogP contribution in [-0.2, 0) is 4.74 Å². The van der Waals surface area contributed by atoms with E-state index in [0.717, 1.165) is 0 Å². The fourth-order valence-corrected chi connectivity index (χ4v) is 1.95. The van der Waals surface area contributed by atoms with Crippen molar-refractivity contribution in [2.24, 2.45) is 0 Å². The minimum absolute atomic E-state index is 0.176. The van der Waals surface area contributed by atoms with Crippen molar-refractivity contribution in [1.29, 1.82) is 0 Å². The molecule has 2 aromatic rings. The minimum atomic E-state index is -0.995.